The van der Waals surface area contributed by atoms with Crippen LogP contribution < -0.4 is 25.9 Å². The SMILES string of the molecule is CC1N=c2c(cc3c(c2S(=O)(=O)[O-])Oc2c(cc4c(c2S(=O)(=O)[O-])NC(C)C4(C)C)C=3c2ccc(C(=O)NCCCCCN3C(=O)C=CC3=O)cc2)C1(C)C. The van der Waals surface area contributed by atoms with E-state index >= 15 is 0 Å². The van der Waals surface area contributed by atoms with Crippen LogP contribution in [0.5, 0.6) is 11.5 Å². The van der Waals surface area contributed by atoms with Crippen LogP contribution in [-0.2, 0) is 40.7 Å². The van der Waals surface area contributed by atoms with Gasteiger partial charge in [0.2, 0.25) is 0 Å². The Bertz CT molecular complexity index is 2580. The maximum absolute atomic E-state index is 13.2. The standard InChI is InChI=1S/C39H42N4O10S2/c1-20-38(3,4)26-18-24-30(22-10-12-23(13-11-22)37(46)40-16-8-7-9-17-43-28(44)14-15-29(43)45)25-19-27-32(42-21(2)39(27,5)6)36(55(50,51)52)34(25)53-33(24)35(31(26)41-20)54(47,48)49/h10-15,18-21,41H,7-9,16-17H2,1-6H3,(H,40,46)(H,47,48,49)(H,50,51,52)/p-2. The Hall–Kier alpha value is -4.90. The molecular weight excluding hydrogens is 749 g/mol. The highest BCUT2D eigenvalue weighted by molar-refractivity contribution is 7.86. The van der Waals surface area contributed by atoms with Crippen LogP contribution >= 0.6 is 0 Å². The summed E-state index contributed by atoms with van der Waals surface area (Å²) in [5, 5.41) is 6.09. The van der Waals surface area contributed by atoms with Gasteiger partial charge in [0, 0.05) is 64.0 Å². The van der Waals surface area contributed by atoms with E-state index in [2.05, 4.69) is 15.6 Å². The molecule has 290 valence electrons. The van der Waals surface area contributed by atoms with E-state index in [1.54, 1.807) is 43.3 Å². The molecule has 0 fully saturated rings. The van der Waals surface area contributed by atoms with Crippen LogP contribution in [0.3, 0.4) is 0 Å². The third kappa shape index (κ3) is 6.34. The van der Waals surface area contributed by atoms with Gasteiger partial charge in [-0.1, -0.05) is 39.8 Å². The molecule has 0 radical (unpaired) electrons. The number of anilines is 1. The van der Waals surface area contributed by atoms with Crippen LogP contribution in [0.1, 0.15) is 93.4 Å². The zero-order chi connectivity index (χ0) is 40.0. The highest BCUT2D eigenvalue weighted by Crippen LogP contribution is 2.52. The number of nitrogens with one attached hydrogen (secondary N) is 2. The summed E-state index contributed by atoms with van der Waals surface area (Å²) in [5.74, 6) is -1.89. The lowest BCUT2D eigenvalue weighted by atomic mass is 9.78. The second-order valence-corrected chi connectivity index (χ2v) is 18.2. The highest BCUT2D eigenvalue weighted by atomic mass is 32.2. The zero-order valence-corrected chi connectivity index (χ0v) is 32.7. The molecule has 0 spiro atoms. The fourth-order valence-corrected chi connectivity index (χ4v) is 9.25. The molecule has 4 aliphatic heterocycles. The fourth-order valence-electron chi connectivity index (χ4n) is 7.67. The van der Waals surface area contributed by atoms with Gasteiger partial charge in [-0.15, -0.1) is 0 Å². The van der Waals surface area contributed by atoms with Crippen LogP contribution in [0.2, 0.25) is 0 Å². The highest BCUT2D eigenvalue weighted by Gasteiger charge is 2.44. The van der Waals surface area contributed by atoms with Crippen molar-refractivity contribution in [1.29, 1.82) is 0 Å². The van der Waals surface area contributed by atoms with Gasteiger partial charge in [-0.3, -0.25) is 24.3 Å². The van der Waals surface area contributed by atoms with Crippen LogP contribution in [0.25, 0.3) is 5.57 Å². The first-order chi connectivity index (χ1) is 25.6. The van der Waals surface area contributed by atoms with E-state index in [4.69, 9.17) is 4.74 Å². The van der Waals surface area contributed by atoms with Crippen molar-refractivity contribution in [1.82, 2.24) is 10.2 Å². The third-order valence-corrected chi connectivity index (χ3v) is 13.3. The fraction of sp³-hybridized carbons (Fsp3) is 0.385. The Morgan fingerprint density at radius 3 is 2.13 bits per heavy atom. The van der Waals surface area contributed by atoms with E-state index in [9.17, 15) is 40.3 Å². The lowest BCUT2D eigenvalue weighted by Crippen LogP contribution is -2.33. The Kier molecular flexibility index (Phi) is 9.15. The van der Waals surface area contributed by atoms with Crippen LogP contribution in [0.4, 0.5) is 5.69 Å². The Balaban J connectivity index is 1.33. The van der Waals surface area contributed by atoms with E-state index in [0.717, 1.165) is 0 Å². The number of fused-ring (bicyclic) bond motifs is 4. The Morgan fingerprint density at radius 1 is 0.873 bits per heavy atom. The smallest absolute Gasteiger partial charge is 0.253 e. The van der Waals surface area contributed by atoms with Crippen LogP contribution in [0, 0.1) is 0 Å². The minimum Gasteiger partial charge on any atom is -0.744 e. The number of rotatable bonds is 10. The molecule has 16 heteroatoms. The summed E-state index contributed by atoms with van der Waals surface area (Å²) in [6.07, 6.45) is 4.33. The molecule has 0 bridgehead atoms. The molecule has 2 unspecified atom stereocenters. The minimum atomic E-state index is -5.29. The van der Waals surface area contributed by atoms with Crippen molar-refractivity contribution in [3.05, 3.63) is 86.9 Å². The van der Waals surface area contributed by atoms with Gasteiger partial charge < -0.3 is 24.5 Å². The van der Waals surface area contributed by atoms with Crippen LogP contribution in [0.15, 0.2) is 63.3 Å². The van der Waals surface area contributed by atoms with Gasteiger partial charge in [0.1, 0.15) is 30.0 Å². The number of ether oxygens (including phenoxy) is 1. The van der Waals surface area contributed by atoms with Crippen molar-refractivity contribution in [3.63, 3.8) is 0 Å². The summed E-state index contributed by atoms with van der Waals surface area (Å²) >= 11 is 0. The number of amides is 3. The number of nitrogens with zero attached hydrogens (tertiary/aromatic N) is 2. The maximum atomic E-state index is 13.2. The summed E-state index contributed by atoms with van der Waals surface area (Å²) < 4.78 is 84.9. The number of unbranched alkanes of at least 4 members (excludes halogenated alkanes) is 2. The third-order valence-electron chi connectivity index (χ3n) is 11.6. The molecule has 3 aromatic rings. The minimum absolute atomic E-state index is 0.0447. The van der Waals surface area contributed by atoms with Gasteiger partial charge in [-0.05, 0) is 74.1 Å². The van der Waals surface area contributed by atoms with E-state index < -0.39 is 58.4 Å². The molecule has 3 amide bonds. The van der Waals surface area contributed by atoms with Gasteiger partial charge in [-0.2, -0.15) is 0 Å². The molecule has 2 N–H and O–H groups in total. The Morgan fingerprint density at radius 2 is 1.51 bits per heavy atom. The second-order valence-electron chi connectivity index (χ2n) is 15.5. The molecular formula is C39H40N4O10S2-2. The summed E-state index contributed by atoms with van der Waals surface area (Å²) in [6, 6.07) is 9.09. The lowest BCUT2D eigenvalue weighted by molar-refractivity contribution is -0.136. The predicted octanol–water partition coefficient (Wildman–Crippen LogP) is 3.06. The Labute approximate surface area is 318 Å². The molecule has 3 aromatic carbocycles. The molecule has 4 aliphatic rings. The molecule has 14 nitrogen and oxygen atoms in total. The quantitative estimate of drug-likeness (QED) is 0.135. The molecule has 4 heterocycles. The summed E-state index contributed by atoms with van der Waals surface area (Å²) in [4.78, 5) is 40.9. The number of hydrogen-bond donors (Lipinski definition) is 2. The number of hydrogen-bond acceptors (Lipinski definition) is 12. The molecule has 0 saturated heterocycles. The van der Waals surface area contributed by atoms with E-state index in [-0.39, 0.29) is 45.6 Å². The normalized spacial score (nSPS) is 20.3. The summed E-state index contributed by atoms with van der Waals surface area (Å²) in [5.41, 5.74) is 0.937. The average Bonchev–Trinajstić information content (AvgIpc) is 3.62. The van der Waals surface area contributed by atoms with Gasteiger partial charge in [0.25, 0.3) is 17.7 Å². The lowest BCUT2D eigenvalue weighted by Gasteiger charge is -2.30. The van der Waals surface area contributed by atoms with E-state index in [1.165, 1.54) is 17.1 Å². The molecule has 0 aromatic heterocycles. The van der Waals surface area contributed by atoms with Crippen molar-refractivity contribution in [2.45, 2.75) is 93.5 Å². The van der Waals surface area contributed by atoms with Gasteiger partial charge in [0.15, 0.2) is 11.5 Å². The topological polar surface area (TPSA) is 214 Å². The number of imide groups is 1. The average molecular weight is 789 g/mol. The van der Waals surface area contributed by atoms with Crippen LogP contribution in [-0.4, -0.2) is 73.7 Å². The molecule has 2 atom stereocenters. The second kappa shape index (κ2) is 13.1. The predicted molar refractivity (Wildman–Crippen MR) is 198 cm³/mol. The van der Waals surface area contributed by atoms with Crippen molar-refractivity contribution < 1.29 is 45.1 Å². The van der Waals surface area contributed by atoms with Crippen molar-refractivity contribution >= 4 is 49.2 Å². The number of carbonyl (C=O) groups is 3. The van der Waals surface area contributed by atoms with E-state index in [0.29, 0.717) is 60.2 Å². The van der Waals surface area contributed by atoms with Gasteiger partial charge >= 0.3 is 0 Å². The van der Waals surface area contributed by atoms with Crippen molar-refractivity contribution in [3.8, 4) is 11.5 Å². The number of benzene rings is 3. The first kappa shape index (κ1) is 38.4. The first-order valence-corrected chi connectivity index (χ1v) is 20.8. The summed E-state index contributed by atoms with van der Waals surface area (Å²) in [7, 11) is -10.6. The summed E-state index contributed by atoms with van der Waals surface area (Å²) in [6.45, 7) is 11.8. The van der Waals surface area contributed by atoms with Gasteiger partial charge in [0.05, 0.1) is 17.1 Å². The molecule has 0 aliphatic carbocycles. The molecule has 7 rings (SSSR count). The van der Waals surface area contributed by atoms with Gasteiger partial charge in [-0.25, -0.2) is 16.8 Å². The largest absolute Gasteiger partial charge is 0.744 e. The van der Waals surface area contributed by atoms with E-state index in [1.807, 2.05) is 34.6 Å². The monoisotopic (exact) mass is 788 g/mol. The first-order valence-electron chi connectivity index (χ1n) is 17.9. The molecule has 0 saturated carbocycles. The van der Waals surface area contributed by atoms with Crippen molar-refractivity contribution in [2.75, 3.05) is 18.4 Å². The zero-order valence-electron chi connectivity index (χ0n) is 31.1. The molecule has 55 heavy (non-hydrogen) atoms. The number of carbonyl (C=O) groups excluding carboxylic acids is 3. The maximum Gasteiger partial charge on any atom is 0.253 e. The van der Waals surface area contributed by atoms with Crippen molar-refractivity contribution in [2.24, 2.45) is 4.99 Å².